The fraction of sp³-hybridized carbons (Fsp3) is 0.391. The van der Waals surface area contributed by atoms with E-state index < -0.39 is 0 Å². The highest BCUT2D eigenvalue weighted by atomic mass is 79.9. The summed E-state index contributed by atoms with van der Waals surface area (Å²) in [6.45, 7) is 7.99. The molecule has 3 aromatic rings. The minimum Gasteiger partial charge on any atom is -0.331 e. The predicted octanol–water partition coefficient (Wildman–Crippen LogP) is 6.10. The first-order chi connectivity index (χ1) is 13.9. The molecule has 4 nitrogen and oxygen atoms in total. The maximum atomic E-state index is 13.8. The number of aryl methyl sites for hydroxylation is 2. The molecule has 0 saturated heterocycles. The third-order valence-electron chi connectivity index (χ3n) is 5.06. The van der Waals surface area contributed by atoms with Gasteiger partial charge in [0.1, 0.15) is 11.6 Å². The fourth-order valence-electron chi connectivity index (χ4n) is 3.42. The smallest absolute Gasteiger partial charge is 0.254 e. The highest BCUT2D eigenvalue weighted by molar-refractivity contribution is 9.10. The lowest BCUT2D eigenvalue weighted by atomic mass is 10.1. The molecule has 0 fully saturated rings. The van der Waals surface area contributed by atoms with Crippen molar-refractivity contribution in [1.82, 2.24) is 14.5 Å². The van der Waals surface area contributed by atoms with Crippen LogP contribution in [0.4, 0.5) is 4.39 Å². The van der Waals surface area contributed by atoms with Gasteiger partial charge in [-0.25, -0.2) is 9.37 Å². The molecule has 0 aliphatic heterocycles. The summed E-state index contributed by atoms with van der Waals surface area (Å²) in [5.74, 6) is 0.508. The molecule has 0 atom stereocenters. The summed E-state index contributed by atoms with van der Waals surface area (Å²) in [5, 5.41) is 0. The van der Waals surface area contributed by atoms with E-state index >= 15 is 0 Å². The van der Waals surface area contributed by atoms with Crippen molar-refractivity contribution in [3.63, 3.8) is 0 Å². The number of hydrogen-bond donors (Lipinski definition) is 0. The summed E-state index contributed by atoms with van der Waals surface area (Å²) < 4.78 is 16.8. The van der Waals surface area contributed by atoms with Crippen LogP contribution in [0.2, 0.25) is 0 Å². The summed E-state index contributed by atoms with van der Waals surface area (Å²) in [7, 11) is 0. The van der Waals surface area contributed by atoms with Gasteiger partial charge in [0.25, 0.3) is 5.91 Å². The summed E-state index contributed by atoms with van der Waals surface area (Å²) in [6.07, 6.45) is 2.82. The van der Waals surface area contributed by atoms with E-state index in [1.807, 2.05) is 34.6 Å². The van der Waals surface area contributed by atoms with Crippen molar-refractivity contribution in [1.29, 1.82) is 0 Å². The van der Waals surface area contributed by atoms with Gasteiger partial charge in [-0.15, -0.1) is 0 Å². The number of hydrogen-bond acceptors (Lipinski definition) is 2. The number of imidazole rings is 1. The largest absolute Gasteiger partial charge is 0.331 e. The molecule has 0 unspecified atom stereocenters. The van der Waals surface area contributed by atoms with Gasteiger partial charge in [-0.05, 0) is 55.7 Å². The quantitative estimate of drug-likeness (QED) is 0.408. The first kappa shape index (κ1) is 21.5. The van der Waals surface area contributed by atoms with Gasteiger partial charge in [-0.3, -0.25) is 4.79 Å². The predicted molar refractivity (Wildman–Crippen MR) is 119 cm³/mol. The van der Waals surface area contributed by atoms with Gasteiger partial charge in [-0.1, -0.05) is 42.3 Å². The lowest BCUT2D eigenvalue weighted by molar-refractivity contribution is 0.0734. The van der Waals surface area contributed by atoms with E-state index in [1.54, 1.807) is 6.07 Å². The molecular weight excluding hydrogens is 433 g/mol. The Morgan fingerprint density at radius 1 is 1.17 bits per heavy atom. The minimum atomic E-state index is -0.273. The highest BCUT2D eigenvalue weighted by Crippen LogP contribution is 2.22. The standard InChI is InChI=1S/C23H27BrFN3O/c1-4-6-12-27(23(29)17-8-7-16(3)19(24)13-17)15-22-26-20-10-9-18(25)14-21(20)28(22)11-5-2/h7-10,13-14H,4-6,11-12,15H2,1-3H3. The number of benzene rings is 2. The second-order valence-electron chi connectivity index (χ2n) is 7.36. The topological polar surface area (TPSA) is 38.1 Å². The van der Waals surface area contributed by atoms with E-state index in [1.165, 1.54) is 12.1 Å². The van der Waals surface area contributed by atoms with Crippen LogP contribution in [0.25, 0.3) is 11.0 Å². The summed E-state index contributed by atoms with van der Waals surface area (Å²) in [4.78, 5) is 19.8. The molecular formula is C23H27BrFN3O. The van der Waals surface area contributed by atoms with Crippen LogP contribution in [0.3, 0.4) is 0 Å². The van der Waals surface area contributed by atoms with Crippen LogP contribution in [0.1, 0.15) is 54.9 Å². The number of amides is 1. The van der Waals surface area contributed by atoms with Crippen molar-refractivity contribution in [2.75, 3.05) is 6.54 Å². The molecule has 0 radical (unpaired) electrons. The SMILES string of the molecule is CCCCN(Cc1nc2ccc(F)cc2n1CCC)C(=O)c1ccc(C)c(Br)c1. The monoisotopic (exact) mass is 459 g/mol. The molecule has 0 aliphatic rings. The van der Waals surface area contributed by atoms with Crippen molar-refractivity contribution in [3.05, 3.63) is 63.6 Å². The molecule has 0 saturated carbocycles. The van der Waals surface area contributed by atoms with Gasteiger partial charge in [0, 0.05) is 23.1 Å². The lowest BCUT2D eigenvalue weighted by Gasteiger charge is -2.23. The molecule has 1 heterocycles. The number of fused-ring (bicyclic) bond motifs is 1. The Morgan fingerprint density at radius 3 is 2.66 bits per heavy atom. The van der Waals surface area contributed by atoms with E-state index in [4.69, 9.17) is 4.98 Å². The maximum absolute atomic E-state index is 13.8. The number of unbranched alkanes of at least 4 members (excludes halogenated alkanes) is 1. The first-order valence-electron chi connectivity index (χ1n) is 10.1. The highest BCUT2D eigenvalue weighted by Gasteiger charge is 2.20. The summed E-state index contributed by atoms with van der Waals surface area (Å²) >= 11 is 3.52. The van der Waals surface area contributed by atoms with Crippen molar-refractivity contribution in [2.24, 2.45) is 0 Å². The Bertz CT molecular complexity index is 1010. The van der Waals surface area contributed by atoms with Crippen LogP contribution >= 0.6 is 15.9 Å². The zero-order valence-corrected chi connectivity index (χ0v) is 18.8. The molecule has 1 amide bonds. The van der Waals surface area contributed by atoms with Gasteiger partial charge in [0.2, 0.25) is 0 Å². The Balaban J connectivity index is 1.96. The van der Waals surface area contributed by atoms with E-state index in [0.717, 1.165) is 52.7 Å². The van der Waals surface area contributed by atoms with Crippen LogP contribution in [-0.2, 0) is 13.1 Å². The molecule has 0 spiro atoms. The Morgan fingerprint density at radius 2 is 1.97 bits per heavy atom. The van der Waals surface area contributed by atoms with Gasteiger partial charge < -0.3 is 9.47 Å². The average Bonchev–Trinajstić information content (AvgIpc) is 3.03. The Labute approximate surface area is 179 Å². The van der Waals surface area contributed by atoms with Crippen molar-refractivity contribution < 1.29 is 9.18 Å². The molecule has 29 heavy (non-hydrogen) atoms. The Kier molecular flexibility index (Phi) is 7.06. The number of carbonyl (C=O) groups is 1. The van der Waals surface area contributed by atoms with Crippen molar-refractivity contribution in [2.45, 2.75) is 53.1 Å². The summed E-state index contributed by atoms with van der Waals surface area (Å²) in [6, 6.07) is 10.4. The zero-order valence-electron chi connectivity index (χ0n) is 17.2. The number of aromatic nitrogens is 2. The average molecular weight is 460 g/mol. The van der Waals surface area contributed by atoms with E-state index in [2.05, 4.69) is 29.8 Å². The maximum Gasteiger partial charge on any atom is 0.254 e. The van der Waals surface area contributed by atoms with Crippen LogP contribution < -0.4 is 0 Å². The molecule has 6 heteroatoms. The Hall–Kier alpha value is -2.21. The summed E-state index contributed by atoms with van der Waals surface area (Å²) in [5.41, 5.74) is 3.29. The van der Waals surface area contributed by atoms with E-state index in [9.17, 15) is 9.18 Å². The first-order valence-corrected chi connectivity index (χ1v) is 10.9. The van der Waals surface area contributed by atoms with Crippen LogP contribution in [0, 0.1) is 12.7 Å². The molecule has 0 N–H and O–H groups in total. The second kappa shape index (κ2) is 9.53. The number of carbonyl (C=O) groups excluding carboxylic acids is 1. The molecule has 154 valence electrons. The van der Waals surface area contributed by atoms with Gasteiger partial charge in [-0.2, -0.15) is 0 Å². The third kappa shape index (κ3) is 4.86. The van der Waals surface area contributed by atoms with Gasteiger partial charge in [0.05, 0.1) is 17.6 Å². The number of halogens is 2. The van der Waals surface area contributed by atoms with Gasteiger partial charge >= 0.3 is 0 Å². The van der Waals surface area contributed by atoms with E-state index in [-0.39, 0.29) is 11.7 Å². The van der Waals surface area contributed by atoms with E-state index in [0.29, 0.717) is 18.7 Å². The van der Waals surface area contributed by atoms with Gasteiger partial charge in [0.15, 0.2) is 0 Å². The zero-order chi connectivity index (χ0) is 21.0. The second-order valence-corrected chi connectivity index (χ2v) is 8.21. The van der Waals surface area contributed by atoms with Crippen LogP contribution in [0.15, 0.2) is 40.9 Å². The number of rotatable bonds is 8. The third-order valence-corrected chi connectivity index (χ3v) is 5.91. The molecule has 3 rings (SSSR count). The van der Waals surface area contributed by atoms with Crippen LogP contribution in [0.5, 0.6) is 0 Å². The van der Waals surface area contributed by atoms with Crippen LogP contribution in [-0.4, -0.2) is 26.9 Å². The van der Waals surface area contributed by atoms with Crippen molar-refractivity contribution >= 4 is 32.9 Å². The lowest BCUT2D eigenvalue weighted by Crippen LogP contribution is -2.32. The molecule has 2 aromatic carbocycles. The molecule has 0 bridgehead atoms. The fourth-order valence-corrected chi connectivity index (χ4v) is 3.80. The number of nitrogens with zero attached hydrogens (tertiary/aromatic N) is 3. The normalized spacial score (nSPS) is 11.2. The molecule has 0 aliphatic carbocycles. The van der Waals surface area contributed by atoms with Crippen molar-refractivity contribution in [3.8, 4) is 0 Å². The minimum absolute atomic E-state index is 0.0135. The molecule has 1 aromatic heterocycles.